The van der Waals surface area contributed by atoms with Crippen molar-refractivity contribution in [3.8, 4) is 5.75 Å². The van der Waals surface area contributed by atoms with Crippen LogP contribution in [0.4, 0.5) is 10.1 Å². The number of nitrogens with zero attached hydrogens (tertiary/aromatic N) is 1. The smallest absolute Gasteiger partial charge is 0.123 e. The van der Waals surface area contributed by atoms with Crippen LogP contribution in [0.5, 0.6) is 5.75 Å². The SMILES string of the molecule is Fc1ccc(NN=Cc2ccc(OCc3ccc(Cl)cc3Cl)cc2)cc1. The molecule has 132 valence electrons. The molecule has 0 aliphatic carbocycles. The second-order valence-corrected chi connectivity index (χ2v) is 6.31. The van der Waals surface area contributed by atoms with Crippen LogP contribution in [0, 0.1) is 5.82 Å². The lowest BCUT2D eigenvalue weighted by atomic mass is 10.2. The van der Waals surface area contributed by atoms with E-state index < -0.39 is 0 Å². The zero-order chi connectivity index (χ0) is 18.4. The van der Waals surface area contributed by atoms with Gasteiger partial charge in [-0.2, -0.15) is 5.10 Å². The van der Waals surface area contributed by atoms with E-state index in [9.17, 15) is 4.39 Å². The van der Waals surface area contributed by atoms with Crippen LogP contribution in [0.25, 0.3) is 0 Å². The number of halogens is 3. The number of nitrogens with one attached hydrogen (secondary N) is 1. The lowest BCUT2D eigenvalue weighted by Crippen LogP contribution is -1.96. The summed E-state index contributed by atoms with van der Waals surface area (Å²) in [6.07, 6.45) is 1.67. The molecule has 0 atom stereocenters. The van der Waals surface area contributed by atoms with Crippen molar-refractivity contribution in [2.45, 2.75) is 6.61 Å². The van der Waals surface area contributed by atoms with E-state index in [2.05, 4.69) is 10.5 Å². The molecule has 3 rings (SSSR count). The first-order chi connectivity index (χ1) is 12.6. The van der Waals surface area contributed by atoms with Crippen LogP contribution in [-0.4, -0.2) is 6.21 Å². The van der Waals surface area contributed by atoms with Crippen LogP contribution in [0.15, 0.2) is 71.8 Å². The van der Waals surface area contributed by atoms with E-state index in [1.165, 1.54) is 12.1 Å². The third kappa shape index (κ3) is 5.22. The van der Waals surface area contributed by atoms with Gasteiger partial charge in [-0.25, -0.2) is 4.39 Å². The average molecular weight is 389 g/mol. The van der Waals surface area contributed by atoms with E-state index in [1.54, 1.807) is 30.5 Å². The Balaban J connectivity index is 1.54. The molecule has 3 nitrogen and oxygen atoms in total. The molecule has 0 unspecified atom stereocenters. The molecule has 26 heavy (non-hydrogen) atoms. The van der Waals surface area contributed by atoms with E-state index in [4.69, 9.17) is 27.9 Å². The summed E-state index contributed by atoms with van der Waals surface area (Å²) in [5.74, 6) is 0.440. The summed E-state index contributed by atoms with van der Waals surface area (Å²) >= 11 is 12.0. The molecule has 0 radical (unpaired) electrons. The predicted octanol–water partition coefficient (Wildman–Crippen LogP) is 6.16. The minimum absolute atomic E-state index is 0.282. The molecule has 0 spiro atoms. The molecule has 6 heteroatoms. The highest BCUT2D eigenvalue weighted by Crippen LogP contribution is 2.22. The number of benzene rings is 3. The van der Waals surface area contributed by atoms with Gasteiger partial charge >= 0.3 is 0 Å². The molecular formula is C20H15Cl2FN2O. The van der Waals surface area contributed by atoms with Gasteiger partial charge in [-0.15, -0.1) is 0 Å². The zero-order valence-corrected chi connectivity index (χ0v) is 15.1. The maximum Gasteiger partial charge on any atom is 0.123 e. The largest absolute Gasteiger partial charge is 0.489 e. The Morgan fingerprint density at radius 2 is 1.69 bits per heavy atom. The van der Waals surface area contributed by atoms with Crippen LogP contribution in [-0.2, 0) is 6.61 Å². The Kier molecular flexibility index (Phi) is 6.10. The lowest BCUT2D eigenvalue weighted by Gasteiger charge is -2.08. The van der Waals surface area contributed by atoms with Crippen molar-refractivity contribution in [2.75, 3.05) is 5.43 Å². The summed E-state index contributed by atoms with van der Waals surface area (Å²) in [5.41, 5.74) is 5.31. The van der Waals surface area contributed by atoms with Gasteiger partial charge in [-0.05, 0) is 66.2 Å². The Labute approximate surface area is 161 Å². The van der Waals surface area contributed by atoms with E-state index in [0.29, 0.717) is 22.3 Å². The highest BCUT2D eigenvalue weighted by atomic mass is 35.5. The Morgan fingerprint density at radius 1 is 0.962 bits per heavy atom. The number of rotatable bonds is 6. The number of anilines is 1. The number of hydrazone groups is 1. The van der Waals surface area contributed by atoms with Gasteiger partial charge in [0.1, 0.15) is 18.2 Å². The van der Waals surface area contributed by atoms with Crippen LogP contribution in [0.2, 0.25) is 10.0 Å². The predicted molar refractivity (Wildman–Crippen MR) is 105 cm³/mol. The summed E-state index contributed by atoms with van der Waals surface area (Å²) in [7, 11) is 0. The molecule has 1 N–H and O–H groups in total. The fourth-order valence-corrected chi connectivity index (χ4v) is 2.62. The van der Waals surface area contributed by atoms with E-state index in [-0.39, 0.29) is 5.82 Å². The molecule has 0 bridgehead atoms. The molecule has 3 aromatic rings. The van der Waals surface area contributed by atoms with Gasteiger partial charge in [-0.3, -0.25) is 5.43 Å². The normalized spacial score (nSPS) is 10.9. The molecule has 0 aliphatic heterocycles. The summed E-state index contributed by atoms with van der Waals surface area (Å²) in [6, 6.07) is 18.8. The Morgan fingerprint density at radius 3 is 2.38 bits per heavy atom. The van der Waals surface area contributed by atoms with Gasteiger partial charge in [0.2, 0.25) is 0 Å². The maximum absolute atomic E-state index is 12.8. The first-order valence-electron chi connectivity index (χ1n) is 7.81. The molecular weight excluding hydrogens is 374 g/mol. The Bertz CT molecular complexity index is 897. The van der Waals surface area contributed by atoms with Crippen LogP contribution >= 0.6 is 23.2 Å². The van der Waals surface area contributed by atoms with Crippen molar-refractivity contribution in [2.24, 2.45) is 5.10 Å². The van der Waals surface area contributed by atoms with Gasteiger partial charge in [-0.1, -0.05) is 29.3 Å². The van der Waals surface area contributed by atoms with Crippen LogP contribution < -0.4 is 10.2 Å². The molecule has 3 aromatic carbocycles. The average Bonchev–Trinajstić information content (AvgIpc) is 2.64. The number of ether oxygens (including phenoxy) is 1. The minimum Gasteiger partial charge on any atom is -0.489 e. The fraction of sp³-hybridized carbons (Fsp3) is 0.0500. The third-order valence-corrected chi connectivity index (χ3v) is 4.13. The topological polar surface area (TPSA) is 33.6 Å². The Hall–Kier alpha value is -2.56. The van der Waals surface area contributed by atoms with Crippen molar-refractivity contribution in [1.82, 2.24) is 0 Å². The van der Waals surface area contributed by atoms with Gasteiger partial charge in [0.15, 0.2) is 0 Å². The second kappa shape index (κ2) is 8.70. The van der Waals surface area contributed by atoms with E-state index in [1.807, 2.05) is 30.3 Å². The van der Waals surface area contributed by atoms with Gasteiger partial charge in [0, 0.05) is 15.6 Å². The summed E-state index contributed by atoms with van der Waals surface area (Å²) in [4.78, 5) is 0. The van der Waals surface area contributed by atoms with E-state index >= 15 is 0 Å². The first kappa shape index (κ1) is 18.2. The third-order valence-electron chi connectivity index (χ3n) is 3.54. The van der Waals surface area contributed by atoms with Gasteiger partial charge < -0.3 is 4.74 Å². The molecule has 0 saturated carbocycles. The minimum atomic E-state index is -0.282. The monoisotopic (exact) mass is 388 g/mol. The van der Waals surface area contributed by atoms with Crippen molar-refractivity contribution < 1.29 is 9.13 Å². The first-order valence-corrected chi connectivity index (χ1v) is 8.57. The zero-order valence-electron chi connectivity index (χ0n) is 13.6. The molecule has 0 fully saturated rings. The highest BCUT2D eigenvalue weighted by molar-refractivity contribution is 6.35. The van der Waals surface area contributed by atoms with E-state index in [0.717, 1.165) is 16.9 Å². The summed E-state index contributed by atoms with van der Waals surface area (Å²) < 4.78 is 18.6. The van der Waals surface area contributed by atoms with Gasteiger partial charge in [0.25, 0.3) is 0 Å². The van der Waals surface area contributed by atoms with Crippen LogP contribution in [0.1, 0.15) is 11.1 Å². The van der Waals surface area contributed by atoms with Crippen molar-refractivity contribution in [3.63, 3.8) is 0 Å². The number of hydrogen-bond acceptors (Lipinski definition) is 3. The molecule has 0 aromatic heterocycles. The van der Waals surface area contributed by atoms with Crippen molar-refractivity contribution in [3.05, 3.63) is 93.7 Å². The second-order valence-electron chi connectivity index (χ2n) is 5.47. The summed E-state index contributed by atoms with van der Waals surface area (Å²) in [5, 5.41) is 5.29. The molecule has 0 amide bonds. The number of hydrogen-bond donors (Lipinski definition) is 1. The maximum atomic E-state index is 12.8. The van der Waals surface area contributed by atoms with Gasteiger partial charge in [0.05, 0.1) is 11.9 Å². The highest BCUT2D eigenvalue weighted by Gasteiger charge is 2.02. The molecule has 0 saturated heterocycles. The standard InChI is InChI=1S/C20H15Cl2FN2O/c21-16-4-3-15(20(22)11-16)13-26-19-9-1-14(2-10-19)12-24-25-18-7-5-17(23)6-8-18/h1-12,25H,13H2. The molecule has 0 aliphatic rings. The van der Waals surface area contributed by atoms with Crippen molar-refractivity contribution >= 4 is 35.1 Å². The summed E-state index contributed by atoms with van der Waals surface area (Å²) in [6.45, 7) is 0.357. The molecule has 0 heterocycles. The van der Waals surface area contributed by atoms with Crippen molar-refractivity contribution in [1.29, 1.82) is 0 Å². The van der Waals surface area contributed by atoms with Crippen LogP contribution in [0.3, 0.4) is 0 Å². The lowest BCUT2D eigenvalue weighted by molar-refractivity contribution is 0.306. The quantitative estimate of drug-likeness (QED) is 0.405. The fourth-order valence-electron chi connectivity index (χ4n) is 2.16.